The molecule has 0 fully saturated rings. The van der Waals surface area contributed by atoms with E-state index in [1.165, 1.54) is 0 Å². The predicted molar refractivity (Wildman–Crippen MR) is 90.5 cm³/mol. The van der Waals surface area contributed by atoms with E-state index in [4.69, 9.17) is 4.74 Å². The first kappa shape index (κ1) is 16.8. The lowest BCUT2D eigenvalue weighted by Gasteiger charge is -2.26. The van der Waals surface area contributed by atoms with Crippen molar-refractivity contribution in [2.45, 2.75) is 25.8 Å². The Labute approximate surface area is 137 Å². The Morgan fingerprint density at radius 1 is 1.17 bits per heavy atom. The summed E-state index contributed by atoms with van der Waals surface area (Å²) in [5.41, 5.74) is 1.95. The number of urea groups is 1. The van der Waals surface area contributed by atoms with Crippen LogP contribution in [0.4, 0.5) is 4.79 Å². The number of hydrogen-bond donors (Lipinski definition) is 2. The Morgan fingerprint density at radius 3 is 2.52 bits per heavy atom. The van der Waals surface area contributed by atoms with Crippen LogP contribution >= 0.6 is 0 Å². The molecule has 0 radical (unpaired) electrons. The van der Waals surface area contributed by atoms with Crippen molar-refractivity contribution in [3.63, 3.8) is 0 Å². The summed E-state index contributed by atoms with van der Waals surface area (Å²) in [6.45, 7) is 5.19. The van der Waals surface area contributed by atoms with E-state index in [0.29, 0.717) is 13.1 Å². The van der Waals surface area contributed by atoms with Gasteiger partial charge in [0.1, 0.15) is 5.75 Å². The van der Waals surface area contributed by atoms with E-state index in [-0.39, 0.29) is 11.4 Å². The quantitative estimate of drug-likeness (QED) is 0.862. The molecule has 0 saturated carbocycles. The molecule has 5 nitrogen and oxygen atoms in total. The summed E-state index contributed by atoms with van der Waals surface area (Å²) >= 11 is 0. The predicted octanol–water partition coefficient (Wildman–Crippen LogP) is 2.87. The van der Waals surface area contributed by atoms with Crippen LogP contribution < -0.4 is 15.4 Å². The molecule has 1 aromatic carbocycles. The zero-order valence-electron chi connectivity index (χ0n) is 13.8. The summed E-state index contributed by atoms with van der Waals surface area (Å²) in [5.74, 6) is 0.826. The van der Waals surface area contributed by atoms with Gasteiger partial charge in [-0.2, -0.15) is 0 Å². The monoisotopic (exact) mass is 313 g/mol. The Hall–Kier alpha value is -2.56. The lowest BCUT2D eigenvalue weighted by atomic mass is 9.84. The van der Waals surface area contributed by atoms with Crippen molar-refractivity contribution in [2.75, 3.05) is 13.7 Å². The number of benzene rings is 1. The Morgan fingerprint density at radius 2 is 1.91 bits per heavy atom. The van der Waals surface area contributed by atoms with Gasteiger partial charge >= 0.3 is 6.03 Å². The summed E-state index contributed by atoms with van der Waals surface area (Å²) in [4.78, 5) is 16.0. The maximum absolute atomic E-state index is 11.9. The number of nitrogens with zero attached hydrogens (tertiary/aromatic N) is 1. The average Bonchev–Trinajstić information content (AvgIpc) is 2.59. The van der Waals surface area contributed by atoms with Gasteiger partial charge in [-0.3, -0.25) is 4.98 Å². The topological polar surface area (TPSA) is 63.2 Å². The first-order valence-corrected chi connectivity index (χ1v) is 7.56. The molecule has 0 atom stereocenters. The number of ether oxygens (including phenoxy) is 1. The standard InChI is InChI=1S/C18H23N3O2/c1-18(2,15-6-8-16(23-3)9-7-15)13-21-17(22)20-12-14-5-4-10-19-11-14/h4-11H,12-13H2,1-3H3,(H2,20,21,22). The van der Waals surface area contributed by atoms with Crippen molar-refractivity contribution in [1.29, 1.82) is 0 Å². The van der Waals surface area contributed by atoms with Crippen LogP contribution in [0.2, 0.25) is 0 Å². The van der Waals surface area contributed by atoms with Gasteiger partial charge in [0.05, 0.1) is 7.11 Å². The molecule has 0 unspecified atom stereocenters. The van der Waals surface area contributed by atoms with E-state index in [9.17, 15) is 4.79 Å². The molecule has 122 valence electrons. The highest BCUT2D eigenvalue weighted by Gasteiger charge is 2.21. The fourth-order valence-electron chi connectivity index (χ4n) is 2.19. The zero-order chi connectivity index (χ0) is 16.7. The second kappa shape index (κ2) is 7.63. The molecule has 23 heavy (non-hydrogen) atoms. The number of nitrogens with one attached hydrogen (secondary N) is 2. The fraction of sp³-hybridized carbons (Fsp3) is 0.333. The van der Waals surface area contributed by atoms with Crippen molar-refractivity contribution < 1.29 is 9.53 Å². The number of amides is 2. The molecule has 1 aromatic heterocycles. The van der Waals surface area contributed by atoms with Gasteiger partial charge in [-0.15, -0.1) is 0 Å². The number of hydrogen-bond acceptors (Lipinski definition) is 3. The minimum Gasteiger partial charge on any atom is -0.497 e. The molecular weight excluding hydrogens is 290 g/mol. The van der Waals surface area contributed by atoms with E-state index in [2.05, 4.69) is 29.5 Å². The first-order chi connectivity index (χ1) is 11.0. The van der Waals surface area contributed by atoms with Crippen LogP contribution in [0.1, 0.15) is 25.0 Å². The van der Waals surface area contributed by atoms with Gasteiger partial charge in [0, 0.05) is 30.9 Å². The number of rotatable bonds is 6. The number of carbonyl (C=O) groups is 1. The second-order valence-electron chi connectivity index (χ2n) is 6.01. The molecule has 0 aliphatic rings. The lowest BCUT2D eigenvalue weighted by Crippen LogP contribution is -2.42. The highest BCUT2D eigenvalue weighted by molar-refractivity contribution is 5.73. The molecule has 0 bridgehead atoms. The smallest absolute Gasteiger partial charge is 0.315 e. The van der Waals surface area contributed by atoms with Crippen LogP contribution in [0.5, 0.6) is 5.75 Å². The maximum atomic E-state index is 11.9. The van der Waals surface area contributed by atoms with Crippen molar-refractivity contribution in [1.82, 2.24) is 15.6 Å². The molecule has 2 N–H and O–H groups in total. The van der Waals surface area contributed by atoms with Crippen molar-refractivity contribution in [3.05, 3.63) is 59.9 Å². The molecule has 0 aliphatic carbocycles. The highest BCUT2D eigenvalue weighted by atomic mass is 16.5. The zero-order valence-corrected chi connectivity index (χ0v) is 13.8. The van der Waals surface area contributed by atoms with Gasteiger partial charge in [-0.25, -0.2) is 4.79 Å². The maximum Gasteiger partial charge on any atom is 0.315 e. The Balaban J connectivity index is 1.84. The van der Waals surface area contributed by atoms with E-state index < -0.39 is 0 Å². The van der Waals surface area contributed by atoms with Crippen molar-refractivity contribution >= 4 is 6.03 Å². The molecular formula is C18H23N3O2. The van der Waals surface area contributed by atoms with Gasteiger partial charge in [0.25, 0.3) is 0 Å². The second-order valence-corrected chi connectivity index (χ2v) is 6.01. The largest absolute Gasteiger partial charge is 0.497 e. The van der Waals surface area contributed by atoms with E-state index in [1.54, 1.807) is 19.5 Å². The summed E-state index contributed by atoms with van der Waals surface area (Å²) in [6, 6.07) is 11.5. The normalized spacial score (nSPS) is 10.9. The van der Waals surface area contributed by atoms with Crippen molar-refractivity contribution in [2.24, 2.45) is 0 Å². The van der Waals surface area contributed by atoms with Crippen LogP contribution in [-0.4, -0.2) is 24.7 Å². The Bertz CT molecular complexity index is 624. The minimum atomic E-state index is -0.185. The van der Waals surface area contributed by atoms with Crippen LogP contribution in [0.3, 0.4) is 0 Å². The third-order valence-corrected chi connectivity index (χ3v) is 3.74. The van der Waals surface area contributed by atoms with Gasteiger partial charge < -0.3 is 15.4 Å². The minimum absolute atomic E-state index is 0.169. The van der Waals surface area contributed by atoms with Gasteiger partial charge in [-0.1, -0.05) is 32.0 Å². The van der Waals surface area contributed by atoms with Gasteiger partial charge in [0.2, 0.25) is 0 Å². The van der Waals surface area contributed by atoms with Gasteiger partial charge in [-0.05, 0) is 29.3 Å². The first-order valence-electron chi connectivity index (χ1n) is 7.56. The SMILES string of the molecule is COc1ccc(C(C)(C)CNC(=O)NCc2cccnc2)cc1. The fourth-order valence-corrected chi connectivity index (χ4v) is 2.19. The summed E-state index contributed by atoms with van der Waals surface area (Å²) in [6.07, 6.45) is 3.45. The summed E-state index contributed by atoms with van der Waals surface area (Å²) < 4.78 is 5.17. The number of carbonyl (C=O) groups excluding carboxylic acids is 1. The highest BCUT2D eigenvalue weighted by Crippen LogP contribution is 2.24. The molecule has 2 aromatic rings. The molecule has 0 spiro atoms. The van der Waals surface area contributed by atoms with E-state index >= 15 is 0 Å². The van der Waals surface area contributed by atoms with E-state index in [0.717, 1.165) is 16.9 Å². The molecule has 5 heteroatoms. The van der Waals surface area contributed by atoms with Crippen molar-refractivity contribution in [3.8, 4) is 5.75 Å². The van der Waals surface area contributed by atoms with E-state index in [1.807, 2.05) is 36.4 Å². The Kier molecular flexibility index (Phi) is 5.57. The summed E-state index contributed by atoms with van der Waals surface area (Å²) in [7, 11) is 1.65. The third kappa shape index (κ3) is 4.98. The molecule has 1 heterocycles. The molecule has 2 rings (SSSR count). The molecule has 0 saturated heterocycles. The van der Waals surface area contributed by atoms with Crippen LogP contribution in [0.25, 0.3) is 0 Å². The van der Waals surface area contributed by atoms with Crippen LogP contribution in [0.15, 0.2) is 48.8 Å². The molecule has 2 amide bonds. The number of pyridine rings is 1. The molecule has 0 aliphatic heterocycles. The lowest BCUT2D eigenvalue weighted by molar-refractivity contribution is 0.238. The number of methoxy groups -OCH3 is 1. The number of aromatic nitrogens is 1. The summed E-state index contributed by atoms with van der Waals surface area (Å²) in [5, 5.41) is 5.75. The van der Waals surface area contributed by atoms with Crippen LogP contribution in [0, 0.1) is 0 Å². The third-order valence-electron chi connectivity index (χ3n) is 3.74. The van der Waals surface area contributed by atoms with Crippen LogP contribution in [-0.2, 0) is 12.0 Å². The van der Waals surface area contributed by atoms with Gasteiger partial charge in [0.15, 0.2) is 0 Å². The average molecular weight is 313 g/mol.